The first-order valence-electron chi connectivity index (χ1n) is 6.88. The number of carbonyl (C=O) groups excluding carboxylic acids is 1. The van der Waals surface area contributed by atoms with Crippen LogP contribution < -0.4 is 10.2 Å². The van der Waals surface area contributed by atoms with Gasteiger partial charge in [-0.05, 0) is 25.6 Å². The third-order valence-electron chi connectivity index (χ3n) is 3.37. The normalized spacial score (nSPS) is 16.4. The Bertz CT molecular complexity index is 410. The van der Waals surface area contributed by atoms with E-state index in [0.29, 0.717) is 12.1 Å². The number of likely N-dealkylation sites (N-methyl/N-ethyl adjacent to an activating group) is 1. The Morgan fingerprint density at radius 1 is 1.32 bits per heavy atom. The molecule has 0 saturated carbocycles. The van der Waals surface area contributed by atoms with E-state index in [-0.39, 0.29) is 5.91 Å². The quantitative estimate of drug-likeness (QED) is 0.878. The van der Waals surface area contributed by atoms with Crippen molar-refractivity contribution in [1.29, 1.82) is 0 Å². The van der Waals surface area contributed by atoms with Crippen LogP contribution >= 0.6 is 0 Å². The molecule has 1 aliphatic rings. The molecule has 2 rings (SSSR count). The highest BCUT2D eigenvalue weighted by Gasteiger charge is 2.15. The molecule has 19 heavy (non-hydrogen) atoms. The van der Waals surface area contributed by atoms with Crippen molar-refractivity contribution in [3.05, 3.63) is 23.9 Å². The molecule has 5 heteroatoms. The van der Waals surface area contributed by atoms with Crippen LogP contribution in [0.25, 0.3) is 0 Å². The van der Waals surface area contributed by atoms with E-state index < -0.39 is 0 Å². The fourth-order valence-corrected chi connectivity index (χ4v) is 2.08. The molecule has 0 radical (unpaired) electrons. The Hall–Kier alpha value is -1.62. The average Bonchev–Trinajstić information content (AvgIpc) is 2.46. The molecule has 0 atom stereocenters. The summed E-state index contributed by atoms with van der Waals surface area (Å²) in [7, 11) is 2.13. The van der Waals surface area contributed by atoms with Crippen LogP contribution in [0.2, 0.25) is 0 Å². The molecule has 1 aliphatic heterocycles. The summed E-state index contributed by atoms with van der Waals surface area (Å²) in [6.07, 6.45) is 2.61. The zero-order valence-corrected chi connectivity index (χ0v) is 11.7. The fourth-order valence-electron chi connectivity index (χ4n) is 2.08. The predicted octanol–water partition coefficient (Wildman–Crippen LogP) is 0.973. The monoisotopic (exact) mass is 262 g/mol. The minimum atomic E-state index is -0.0423. The van der Waals surface area contributed by atoms with Crippen molar-refractivity contribution < 1.29 is 4.79 Å². The van der Waals surface area contributed by atoms with Crippen molar-refractivity contribution in [2.45, 2.75) is 13.3 Å². The Morgan fingerprint density at radius 3 is 2.63 bits per heavy atom. The summed E-state index contributed by atoms with van der Waals surface area (Å²) < 4.78 is 0. The molecule has 0 aromatic carbocycles. The number of piperazine rings is 1. The number of anilines is 1. The minimum Gasteiger partial charge on any atom is -0.354 e. The van der Waals surface area contributed by atoms with Crippen LogP contribution in [0.3, 0.4) is 0 Å². The number of rotatable bonds is 4. The lowest BCUT2D eigenvalue weighted by atomic mass is 10.2. The summed E-state index contributed by atoms with van der Waals surface area (Å²) >= 11 is 0. The maximum Gasteiger partial charge on any atom is 0.252 e. The fraction of sp³-hybridized carbons (Fsp3) is 0.571. The first-order valence-corrected chi connectivity index (χ1v) is 6.88. The summed E-state index contributed by atoms with van der Waals surface area (Å²) in [4.78, 5) is 20.7. The van der Waals surface area contributed by atoms with Gasteiger partial charge in [0.25, 0.3) is 5.91 Å². The van der Waals surface area contributed by atoms with Gasteiger partial charge in [0.1, 0.15) is 5.82 Å². The molecule has 0 spiro atoms. The largest absolute Gasteiger partial charge is 0.354 e. The number of nitrogens with zero attached hydrogens (tertiary/aromatic N) is 3. The molecule has 104 valence electrons. The highest BCUT2D eigenvalue weighted by atomic mass is 16.1. The van der Waals surface area contributed by atoms with Crippen molar-refractivity contribution in [3.63, 3.8) is 0 Å². The van der Waals surface area contributed by atoms with Gasteiger partial charge >= 0.3 is 0 Å². The van der Waals surface area contributed by atoms with Gasteiger partial charge < -0.3 is 15.1 Å². The van der Waals surface area contributed by atoms with Crippen LogP contribution in [0.5, 0.6) is 0 Å². The van der Waals surface area contributed by atoms with Crippen LogP contribution in [0, 0.1) is 0 Å². The van der Waals surface area contributed by atoms with E-state index in [2.05, 4.69) is 27.1 Å². The molecule has 0 aliphatic carbocycles. The Morgan fingerprint density at radius 2 is 2.05 bits per heavy atom. The minimum absolute atomic E-state index is 0.0423. The maximum absolute atomic E-state index is 11.8. The third kappa shape index (κ3) is 3.67. The number of aromatic nitrogens is 1. The standard InChI is InChI=1S/C14H22N4O/c1-3-6-15-14(19)12-4-5-13(16-11-12)18-9-7-17(2)8-10-18/h4-5,11H,3,6-10H2,1-2H3,(H,15,19). The van der Waals surface area contributed by atoms with Crippen LogP contribution in [0.4, 0.5) is 5.82 Å². The summed E-state index contributed by atoms with van der Waals surface area (Å²) in [5.41, 5.74) is 0.631. The number of hydrogen-bond acceptors (Lipinski definition) is 4. The summed E-state index contributed by atoms with van der Waals surface area (Å²) in [6, 6.07) is 3.79. The Balaban J connectivity index is 1.96. The number of hydrogen-bond donors (Lipinski definition) is 1. The second-order valence-electron chi connectivity index (χ2n) is 4.95. The lowest BCUT2D eigenvalue weighted by Crippen LogP contribution is -2.44. The highest BCUT2D eigenvalue weighted by Crippen LogP contribution is 2.13. The molecule has 1 aromatic heterocycles. The molecular formula is C14H22N4O. The van der Waals surface area contributed by atoms with Crippen molar-refractivity contribution >= 4 is 11.7 Å². The van der Waals surface area contributed by atoms with Gasteiger partial charge in [-0.3, -0.25) is 4.79 Å². The second-order valence-corrected chi connectivity index (χ2v) is 4.95. The van der Waals surface area contributed by atoms with Crippen molar-refractivity contribution in [3.8, 4) is 0 Å². The van der Waals surface area contributed by atoms with Gasteiger partial charge in [-0.15, -0.1) is 0 Å². The van der Waals surface area contributed by atoms with E-state index in [0.717, 1.165) is 38.4 Å². The van der Waals surface area contributed by atoms with Crippen LogP contribution in [-0.2, 0) is 0 Å². The van der Waals surface area contributed by atoms with Gasteiger partial charge in [0.05, 0.1) is 5.56 Å². The van der Waals surface area contributed by atoms with Crippen molar-refractivity contribution in [2.75, 3.05) is 44.7 Å². The SMILES string of the molecule is CCCNC(=O)c1ccc(N2CCN(C)CC2)nc1. The molecule has 1 saturated heterocycles. The molecule has 1 aromatic rings. The van der Waals surface area contributed by atoms with Crippen molar-refractivity contribution in [1.82, 2.24) is 15.2 Å². The number of carbonyl (C=O) groups is 1. The average molecular weight is 262 g/mol. The zero-order chi connectivity index (χ0) is 13.7. The van der Waals surface area contributed by atoms with E-state index in [1.54, 1.807) is 6.20 Å². The molecule has 1 fully saturated rings. The number of pyridine rings is 1. The third-order valence-corrected chi connectivity index (χ3v) is 3.37. The molecule has 2 heterocycles. The van der Waals surface area contributed by atoms with E-state index in [9.17, 15) is 4.79 Å². The Labute approximate surface area is 114 Å². The van der Waals surface area contributed by atoms with E-state index in [4.69, 9.17) is 0 Å². The smallest absolute Gasteiger partial charge is 0.252 e. The maximum atomic E-state index is 11.8. The van der Waals surface area contributed by atoms with Crippen LogP contribution in [0.15, 0.2) is 18.3 Å². The van der Waals surface area contributed by atoms with E-state index in [1.807, 2.05) is 19.1 Å². The molecule has 1 amide bonds. The first-order chi connectivity index (χ1) is 9.20. The molecule has 1 N–H and O–H groups in total. The van der Waals surface area contributed by atoms with Crippen LogP contribution in [-0.4, -0.2) is 55.6 Å². The number of amides is 1. The van der Waals surface area contributed by atoms with Crippen molar-refractivity contribution in [2.24, 2.45) is 0 Å². The molecule has 0 unspecified atom stereocenters. The topological polar surface area (TPSA) is 48.5 Å². The second kappa shape index (κ2) is 6.52. The predicted molar refractivity (Wildman–Crippen MR) is 76.6 cm³/mol. The van der Waals surface area contributed by atoms with Gasteiger partial charge in [-0.1, -0.05) is 6.92 Å². The van der Waals surface area contributed by atoms with Gasteiger partial charge in [0.15, 0.2) is 0 Å². The van der Waals surface area contributed by atoms with Crippen LogP contribution in [0.1, 0.15) is 23.7 Å². The van der Waals surface area contributed by atoms with Gasteiger partial charge in [0.2, 0.25) is 0 Å². The van der Waals surface area contributed by atoms with Gasteiger partial charge in [0, 0.05) is 38.9 Å². The first kappa shape index (κ1) is 13.8. The summed E-state index contributed by atoms with van der Waals surface area (Å²) in [5, 5.41) is 2.85. The summed E-state index contributed by atoms with van der Waals surface area (Å²) in [6.45, 7) is 6.84. The lowest BCUT2D eigenvalue weighted by Gasteiger charge is -2.33. The van der Waals surface area contributed by atoms with E-state index >= 15 is 0 Å². The number of nitrogens with one attached hydrogen (secondary N) is 1. The highest BCUT2D eigenvalue weighted by molar-refractivity contribution is 5.94. The molecular weight excluding hydrogens is 240 g/mol. The lowest BCUT2D eigenvalue weighted by molar-refractivity contribution is 0.0953. The molecule has 5 nitrogen and oxygen atoms in total. The molecule has 0 bridgehead atoms. The zero-order valence-electron chi connectivity index (χ0n) is 11.7. The van der Waals surface area contributed by atoms with E-state index in [1.165, 1.54) is 0 Å². The van der Waals surface area contributed by atoms with Gasteiger partial charge in [-0.2, -0.15) is 0 Å². The van der Waals surface area contributed by atoms with Gasteiger partial charge in [-0.25, -0.2) is 4.98 Å². The summed E-state index contributed by atoms with van der Waals surface area (Å²) in [5.74, 6) is 0.916. The Kier molecular flexibility index (Phi) is 4.74.